The SMILES string of the molecule is CC1(c2cccc(NC(=O)/C=C/c3cn(-c4ccccc4)nc3-c3ccc(F)cc3)c2)NC(=O)NC1=O. The van der Waals surface area contributed by atoms with E-state index < -0.39 is 23.4 Å². The van der Waals surface area contributed by atoms with Gasteiger partial charge in [-0.2, -0.15) is 5.10 Å². The van der Waals surface area contributed by atoms with Crippen LogP contribution < -0.4 is 16.0 Å². The number of carbonyl (C=O) groups is 3. The van der Waals surface area contributed by atoms with Crippen LogP contribution in [0.1, 0.15) is 18.1 Å². The van der Waals surface area contributed by atoms with Crippen LogP contribution in [0.4, 0.5) is 14.9 Å². The smallest absolute Gasteiger partial charge is 0.322 e. The second-order valence-corrected chi connectivity index (χ2v) is 8.66. The van der Waals surface area contributed by atoms with Crippen LogP contribution in [0.2, 0.25) is 0 Å². The van der Waals surface area contributed by atoms with Crippen molar-refractivity contribution in [3.63, 3.8) is 0 Å². The first-order valence-corrected chi connectivity index (χ1v) is 11.5. The van der Waals surface area contributed by atoms with Gasteiger partial charge in [0.05, 0.1) is 11.4 Å². The van der Waals surface area contributed by atoms with E-state index in [9.17, 15) is 18.8 Å². The predicted molar refractivity (Wildman–Crippen MR) is 137 cm³/mol. The molecule has 0 aliphatic carbocycles. The summed E-state index contributed by atoms with van der Waals surface area (Å²) in [7, 11) is 0. The molecule has 3 N–H and O–H groups in total. The number of anilines is 1. The van der Waals surface area contributed by atoms with E-state index in [1.165, 1.54) is 18.2 Å². The normalized spacial score (nSPS) is 17.0. The number of nitrogens with zero attached hydrogens (tertiary/aromatic N) is 2. The third-order valence-corrected chi connectivity index (χ3v) is 6.05. The molecule has 9 heteroatoms. The first kappa shape index (κ1) is 23.7. The van der Waals surface area contributed by atoms with Crippen LogP contribution in [0.3, 0.4) is 0 Å². The minimum atomic E-state index is -1.23. The third-order valence-electron chi connectivity index (χ3n) is 6.05. The van der Waals surface area contributed by atoms with Crippen molar-refractivity contribution >= 4 is 29.6 Å². The van der Waals surface area contributed by atoms with Crippen LogP contribution >= 0.6 is 0 Å². The zero-order valence-corrected chi connectivity index (χ0v) is 19.7. The van der Waals surface area contributed by atoms with Crippen LogP contribution in [-0.2, 0) is 15.1 Å². The van der Waals surface area contributed by atoms with E-state index in [1.807, 2.05) is 30.3 Å². The number of halogens is 1. The summed E-state index contributed by atoms with van der Waals surface area (Å²) in [6.07, 6.45) is 4.80. The second-order valence-electron chi connectivity index (χ2n) is 8.66. The third kappa shape index (κ3) is 4.87. The Morgan fingerprint density at radius 3 is 2.49 bits per heavy atom. The molecule has 0 radical (unpaired) electrons. The van der Waals surface area contributed by atoms with Gasteiger partial charge in [0, 0.05) is 29.1 Å². The van der Waals surface area contributed by atoms with Crippen molar-refractivity contribution in [1.82, 2.24) is 20.4 Å². The molecule has 1 atom stereocenters. The Bertz CT molecular complexity index is 1530. The molecule has 2 heterocycles. The van der Waals surface area contributed by atoms with Crippen molar-refractivity contribution in [1.29, 1.82) is 0 Å². The number of hydrogen-bond donors (Lipinski definition) is 3. The van der Waals surface area contributed by atoms with Gasteiger partial charge in [-0.15, -0.1) is 0 Å². The Morgan fingerprint density at radius 1 is 1.03 bits per heavy atom. The van der Waals surface area contributed by atoms with Gasteiger partial charge >= 0.3 is 6.03 Å². The van der Waals surface area contributed by atoms with Gasteiger partial charge in [0.25, 0.3) is 5.91 Å². The highest BCUT2D eigenvalue weighted by Gasteiger charge is 2.43. The van der Waals surface area contributed by atoms with Crippen LogP contribution in [0, 0.1) is 5.82 Å². The molecule has 1 fully saturated rings. The van der Waals surface area contributed by atoms with Crippen molar-refractivity contribution < 1.29 is 18.8 Å². The first-order chi connectivity index (χ1) is 17.8. The summed E-state index contributed by atoms with van der Waals surface area (Å²) in [5, 5.41) is 12.3. The standard InChI is InChI=1S/C28H22FN5O3/c1-28(26(36)31-27(37)32-28)20-6-5-7-22(16-20)30-24(35)15-12-19-17-34(23-8-3-2-4-9-23)33-25(19)18-10-13-21(29)14-11-18/h2-17H,1H3,(H,30,35)(H2,31,32,36,37)/b15-12+. The Balaban J connectivity index is 1.40. The molecule has 1 saturated heterocycles. The van der Waals surface area contributed by atoms with Gasteiger partial charge in [-0.25, -0.2) is 13.9 Å². The van der Waals surface area contributed by atoms with E-state index >= 15 is 0 Å². The highest BCUT2D eigenvalue weighted by Crippen LogP contribution is 2.27. The quantitative estimate of drug-likeness (QED) is 0.273. The largest absolute Gasteiger partial charge is 0.323 e. The Hall–Kier alpha value is -5.05. The van der Waals surface area contributed by atoms with Crippen LogP contribution in [0.5, 0.6) is 0 Å². The number of urea groups is 1. The topological polar surface area (TPSA) is 105 Å². The number of imide groups is 1. The molecule has 5 rings (SSSR count). The van der Waals surface area contributed by atoms with Crippen molar-refractivity contribution in [2.24, 2.45) is 0 Å². The number of nitrogens with one attached hydrogen (secondary N) is 3. The van der Waals surface area contributed by atoms with Crippen molar-refractivity contribution in [2.45, 2.75) is 12.5 Å². The molecule has 184 valence electrons. The average Bonchev–Trinajstić information content (AvgIpc) is 3.44. The van der Waals surface area contributed by atoms with E-state index in [0.29, 0.717) is 28.1 Å². The van der Waals surface area contributed by atoms with Gasteiger partial charge < -0.3 is 10.6 Å². The second kappa shape index (κ2) is 9.54. The summed E-state index contributed by atoms with van der Waals surface area (Å²) in [6.45, 7) is 1.59. The summed E-state index contributed by atoms with van der Waals surface area (Å²) in [5.41, 5.74) is 2.55. The molecule has 1 aliphatic heterocycles. The number of aromatic nitrogens is 2. The van der Waals surface area contributed by atoms with Crippen LogP contribution in [0.25, 0.3) is 23.0 Å². The number of hydrogen-bond acceptors (Lipinski definition) is 4. The number of benzene rings is 3. The lowest BCUT2D eigenvalue weighted by Gasteiger charge is -2.21. The lowest BCUT2D eigenvalue weighted by molar-refractivity contribution is -0.123. The van der Waals surface area contributed by atoms with Gasteiger partial charge in [-0.3, -0.25) is 14.9 Å². The molecule has 3 aromatic carbocycles. The number of para-hydroxylation sites is 1. The molecule has 4 aromatic rings. The molecule has 0 spiro atoms. The number of carbonyl (C=O) groups excluding carboxylic acids is 3. The van der Waals surface area contributed by atoms with Gasteiger partial charge in [0.1, 0.15) is 11.4 Å². The molecule has 1 aliphatic rings. The van der Waals surface area contributed by atoms with E-state index in [4.69, 9.17) is 0 Å². The molecule has 1 unspecified atom stereocenters. The van der Waals surface area contributed by atoms with E-state index in [2.05, 4.69) is 21.0 Å². The van der Waals surface area contributed by atoms with E-state index in [0.717, 1.165) is 5.69 Å². The summed E-state index contributed by atoms with van der Waals surface area (Å²) < 4.78 is 15.2. The predicted octanol–water partition coefficient (Wildman–Crippen LogP) is 4.38. The van der Waals surface area contributed by atoms with Crippen molar-refractivity contribution in [2.75, 3.05) is 5.32 Å². The molecule has 4 amide bonds. The fraction of sp³-hybridized carbons (Fsp3) is 0.0714. The zero-order valence-electron chi connectivity index (χ0n) is 19.7. The van der Waals surface area contributed by atoms with Crippen molar-refractivity contribution in [3.05, 3.63) is 108 Å². The lowest BCUT2D eigenvalue weighted by Crippen LogP contribution is -2.40. The minimum absolute atomic E-state index is 0.353. The van der Waals surface area contributed by atoms with Crippen LogP contribution in [0.15, 0.2) is 91.1 Å². The highest BCUT2D eigenvalue weighted by molar-refractivity contribution is 6.07. The number of amides is 4. The van der Waals surface area contributed by atoms with Gasteiger partial charge in [0.2, 0.25) is 5.91 Å². The minimum Gasteiger partial charge on any atom is -0.323 e. The summed E-state index contributed by atoms with van der Waals surface area (Å²) in [6, 6.07) is 21.6. The van der Waals surface area contributed by atoms with Gasteiger partial charge in [-0.05, 0) is 67.1 Å². The fourth-order valence-electron chi connectivity index (χ4n) is 4.06. The molecular weight excluding hydrogens is 473 g/mol. The fourth-order valence-corrected chi connectivity index (χ4v) is 4.06. The maximum atomic E-state index is 13.5. The van der Waals surface area contributed by atoms with E-state index in [1.54, 1.807) is 60.3 Å². The highest BCUT2D eigenvalue weighted by atomic mass is 19.1. The Kier molecular flexibility index (Phi) is 6.10. The van der Waals surface area contributed by atoms with Crippen molar-refractivity contribution in [3.8, 4) is 16.9 Å². The summed E-state index contributed by atoms with van der Waals surface area (Å²) in [5.74, 6) is -1.22. The molecule has 0 bridgehead atoms. The molecule has 37 heavy (non-hydrogen) atoms. The monoisotopic (exact) mass is 495 g/mol. The first-order valence-electron chi connectivity index (χ1n) is 11.5. The average molecular weight is 496 g/mol. The lowest BCUT2D eigenvalue weighted by atomic mass is 9.92. The van der Waals surface area contributed by atoms with E-state index in [-0.39, 0.29) is 5.82 Å². The Morgan fingerprint density at radius 2 is 1.78 bits per heavy atom. The molecule has 8 nitrogen and oxygen atoms in total. The number of rotatable bonds is 6. The Labute approximate surface area is 211 Å². The van der Waals surface area contributed by atoms with Gasteiger partial charge in [0.15, 0.2) is 0 Å². The summed E-state index contributed by atoms with van der Waals surface area (Å²) >= 11 is 0. The van der Waals surface area contributed by atoms with Gasteiger partial charge in [-0.1, -0.05) is 30.3 Å². The maximum Gasteiger partial charge on any atom is 0.322 e. The summed E-state index contributed by atoms with van der Waals surface area (Å²) in [4.78, 5) is 36.6. The zero-order chi connectivity index (χ0) is 26.0. The molecular formula is C28H22FN5O3. The molecule has 0 saturated carbocycles. The molecule has 1 aromatic heterocycles. The van der Waals surface area contributed by atoms with Crippen LogP contribution in [-0.4, -0.2) is 27.6 Å². The maximum absolute atomic E-state index is 13.5.